The molecule has 0 unspecified atom stereocenters. The van der Waals surface area contributed by atoms with Gasteiger partial charge in [-0.25, -0.2) is 9.80 Å². The van der Waals surface area contributed by atoms with Gasteiger partial charge >= 0.3 is 6.03 Å². The molecule has 1 aromatic rings. The van der Waals surface area contributed by atoms with Gasteiger partial charge in [-0.15, -0.1) is 0 Å². The van der Waals surface area contributed by atoms with Crippen LogP contribution < -0.4 is 15.6 Å². The van der Waals surface area contributed by atoms with Crippen LogP contribution >= 0.6 is 0 Å². The molecule has 2 rings (SSSR count). The molecule has 1 aliphatic rings. The van der Waals surface area contributed by atoms with Crippen LogP contribution in [-0.2, 0) is 0 Å². The number of carbonyl (C=O) groups excluding carboxylic acids is 1. The number of carbonyl (C=O) groups is 1. The maximum Gasteiger partial charge on any atom is 0.333 e. The Morgan fingerprint density at radius 1 is 1.15 bits per heavy atom. The van der Waals surface area contributed by atoms with E-state index in [4.69, 9.17) is 0 Å². The highest BCUT2D eigenvalue weighted by Gasteiger charge is 2.16. The molecule has 0 saturated carbocycles. The number of hydrogen-bond donors (Lipinski definition) is 2. The number of amides is 2. The number of hydrazine groups is 1. The maximum atomic E-state index is 12.0. The molecule has 2 N–H and O–H groups in total. The summed E-state index contributed by atoms with van der Waals surface area (Å²) < 4.78 is 0. The topological polar surface area (TPSA) is 50.9 Å². The van der Waals surface area contributed by atoms with Gasteiger partial charge < -0.3 is 15.1 Å². The number of rotatable bonds is 3. The van der Waals surface area contributed by atoms with E-state index >= 15 is 0 Å². The van der Waals surface area contributed by atoms with Crippen LogP contribution in [0.2, 0.25) is 0 Å². The molecule has 0 radical (unpaired) electrons. The molecule has 1 aromatic carbocycles. The summed E-state index contributed by atoms with van der Waals surface area (Å²) in [6, 6.07) is 7.56. The SMILES string of the molecule is CN1CCN(NC(=O)Nc2ccccc2N(C)C)CC1. The Labute approximate surface area is 120 Å². The predicted octanol–water partition coefficient (Wildman–Crippen LogP) is 1.04. The Bertz CT molecular complexity index is 455. The molecule has 110 valence electrons. The van der Waals surface area contributed by atoms with Gasteiger partial charge in [-0.2, -0.15) is 0 Å². The van der Waals surface area contributed by atoms with Crippen LogP contribution in [0, 0.1) is 0 Å². The fourth-order valence-electron chi connectivity index (χ4n) is 2.18. The molecule has 6 heteroatoms. The third-order valence-corrected chi connectivity index (χ3v) is 3.40. The smallest absolute Gasteiger partial charge is 0.333 e. The van der Waals surface area contributed by atoms with Crippen molar-refractivity contribution in [3.8, 4) is 0 Å². The van der Waals surface area contributed by atoms with Crippen molar-refractivity contribution >= 4 is 17.4 Å². The lowest BCUT2D eigenvalue weighted by Gasteiger charge is -2.32. The highest BCUT2D eigenvalue weighted by atomic mass is 16.2. The first-order chi connectivity index (χ1) is 9.56. The van der Waals surface area contributed by atoms with Crippen LogP contribution in [0.25, 0.3) is 0 Å². The summed E-state index contributed by atoms with van der Waals surface area (Å²) >= 11 is 0. The second kappa shape index (κ2) is 6.58. The van der Waals surface area contributed by atoms with Crippen LogP contribution in [-0.4, -0.2) is 63.3 Å². The van der Waals surface area contributed by atoms with Crippen molar-refractivity contribution < 1.29 is 4.79 Å². The summed E-state index contributed by atoms with van der Waals surface area (Å²) in [6.45, 7) is 3.63. The predicted molar refractivity (Wildman–Crippen MR) is 82.0 cm³/mol. The fourth-order valence-corrected chi connectivity index (χ4v) is 2.18. The van der Waals surface area contributed by atoms with Crippen molar-refractivity contribution in [2.45, 2.75) is 0 Å². The number of urea groups is 1. The summed E-state index contributed by atoms with van der Waals surface area (Å²) in [5.74, 6) is 0. The molecule has 1 heterocycles. The zero-order valence-corrected chi connectivity index (χ0v) is 12.4. The van der Waals surface area contributed by atoms with E-state index in [1.54, 1.807) is 0 Å². The van der Waals surface area contributed by atoms with Crippen molar-refractivity contribution in [2.24, 2.45) is 0 Å². The molecule has 0 atom stereocenters. The van der Waals surface area contributed by atoms with Crippen LogP contribution in [0.15, 0.2) is 24.3 Å². The monoisotopic (exact) mass is 277 g/mol. The largest absolute Gasteiger partial charge is 0.376 e. The lowest BCUT2D eigenvalue weighted by Crippen LogP contribution is -2.53. The zero-order valence-electron chi connectivity index (χ0n) is 12.4. The second-order valence-corrected chi connectivity index (χ2v) is 5.27. The van der Waals surface area contributed by atoms with E-state index in [0.29, 0.717) is 0 Å². The summed E-state index contributed by atoms with van der Waals surface area (Å²) in [5, 5.41) is 4.86. The number of benzene rings is 1. The number of hydrogen-bond acceptors (Lipinski definition) is 4. The molecular formula is C14H23N5O. The summed E-state index contributed by atoms with van der Waals surface area (Å²) in [6.07, 6.45) is 0. The van der Waals surface area contributed by atoms with Gasteiger partial charge in [0, 0.05) is 40.3 Å². The molecule has 1 fully saturated rings. The summed E-state index contributed by atoms with van der Waals surface area (Å²) in [4.78, 5) is 16.3. The van der Waals surface area contributed by atoms with E-state index in [-0.39, 0.29) is 6.03 Å². The van der Waals surface area contributed by atoms with Crippen LogP contribution in [0.1, 0.15) is 0 Å². The minimum Gasteiger partial charge on any atom is -0.376 e. The minimum atomic E-state index is -0.191. The molecule has 0 spiro atoms. The third-order valence-electron chi connectivity index (χ3n) is 3.40. The van der Waals surface area contributed by atoms with E-state index in [2.05, 4.69) is 22.7 Å². The average molecular weight is 277 g/mol. The lowest BCUT2D eigenvalue weighted by molar-refractivity contribution is 0.116. The molecule has 2 amide bonds. The molecule has 1 aliphatic heterocycles. The van der Waals surface area contributed by atoms with Gasteiger partial charge in [0.1, 0.15) is 0 Å². The quantitative estimate of drug-likeness (QED) is 0.867. The highest BCUT2D eigenvalue weighted by molar-refractivity contribution is 5.92. The first-order valence-electron chi connectivity index (χ1n) is 6.84. The molecule has 0 bridgehead atoms. The van der Waals surface area contributed by atoms with Gasteiger partial charge in [-0.05, 0) is 19.2 Å². The third kappa shape index (κ3) is 3.85. The van der Waals surface area contributed by atoms with Crippen molar-refractivity contribution in [1.82, 2.24) is 15.3 Å². The Hall–Kier alpha value is -1.79. The maximum absolute atomic E-state index is 12.0. The molecule has 0 aliphatic carbocycles. The Morgan fingerprint density at radius 2 is 1.80 bits per heavy atom. The van der Waals surface area contributed by atoms with Crippen molar-refractivity contribution in [1.29, 1.82) is 0 Å². The molecule has 20 heavy (non-hydrogen) atoms. The van der Waals surface area contributed by atoms with Gasteiger partial charge in [-0.3, -0.25) is 5.43 Å². The second-order valence-electron chi connectivity index (χ2n) is 5.27. The van der Waals surface area contributed by atoms with Gasteiger partial charge in [0.05, 0.1) is 11.4 Å². The number of anilines is 2. The first kappa shape index (κ1) is 14.6. The van der Waals surface area contributed by atoms with E-state index in [9.17, 15) is 4.79 Å². The Kier molecular flexibility index (Phi) is 4.81. The normalized spacial score (nSPS) is 16.8. The lowest BCUT2D eigenvalue weighted by atomic mass is 10.2. The molecule has 6 nitrogen and oxygen atoms in total. The van der Waals surface area contributed by atoms with E-state index in [1.807, 2.05) is 48.3 Å². The molecular weight excluding hydrogens is 254 g/mol. The molecule has 1 saturated heterocycles. The average Bonchev–Trinajstić information content (AvgIpc) is 2.41. The van der Waals surface area contributed by atoms with Gasteiger partial charge in [0.25, 0.3) is 0 Å². The van der Waals surface area contributed by atoms with Crippen molar-refractivity contribution in [3.63, 3.8) is 0 Å². The van der Waals surface area contributed by atoms with Crippen molar-refractivity contribution in [2.75, 3.05) is 57.5 Å². The Morgan fingerprint density at radius 3 is 2.45 bits per heavy atom. The number of piperazine rings is 1. The Balaban J connectivity index is 1.91. The summed E-state index contributed by atoms with van der Waals surface area (Å²) in [5.41, 5.74) is 4.69. The summed E-state index contributed by atoms with van der Waals surface area (Å²) in [7, 11) is 6.00. The van der Waals surface area contributed by atoms with Gasteiger partial charge in [0.2, 0.25) is 0 Å². The van der Waals surface area contributed by atoms with E-state index < -0.39 is 0 Å². The highest BCUT2D eigenvalue weighted by Crippen LogP contribution is 2.23. The van der Waals surface area contributed by atoms with Crippen molar-refractivity contribution in [3.05, 3.63) is 24.3 Å². The fraction of sp³-hybridized carbons (Fsp3) is 0.500. The van der Waals surface area contributed by atoms with Gasteiger partial charge in [0.15, 0.2) is 0 Å². The van der Waals surface area contributed by atoms with Crippen LogP contribution in [0.4, 0.5) is 16.2 Å². The number of likely N-dealkylation sites (N-methyl/N-ethyl adjacent to an activating group) is 1. The number of para-hydroxylation sites is 2. The first-order valence-corrected chi connectivity index (χ1v) is 6.84. The zero-order chi connectivity index (χ0) is 14.5. The molecule has 0 aromatic heterocycles. The number of nitrogens with one attached hydrogen (secondary N) is 2. The van der Waals surface area contributed by atoms with E-state index in [0.717, 1.165) is 37.6 Å². The standard InChI is InChI=1S/C14H23N5O/c1-17(2)13-7-5-4-6-12(13)15-14(20)16-19-10-8-18(3)9-11-19/h4-7H,8-11H2,1-3H3,(H2,15,16,20). The van der Waals surface area contributed by atoms with Crippen LogP contribution in [0.5, 0.6) is 0 Å². The minimum absolute atomic E-state index is 0.191. The number of nitrogens with zero attached hydrogens (tertiary/aromatic N) is 3. The van der Waals surface area contributed by atoms with Crippen LogP contribution in [0.3, 0.4) is 0 Å². The van der Waals surface area contributed by atoms with E-state index in [1.165, 1.54) is 0 Å². The van der Waals surface area contributed by atoms with Gasteiger partial charge in [-0.1, -0.05) is 12.1 Å².